The molecule has 2 heterocycles. The summed E-state index contributed by atoms with van der Waals surface area (Å²) in [7, 11) is -3.50. The van der Waals surface area contributed by atoms with Gasteiger partial charge in [-0.05, 0) is 43.0 Å². The fourth-order valence-corrected chi connectivity index (χ4v) is 4.79. The molecule has 0 aliphatic carbocycles. The number of anilines is 1. The van der Waals surface area contributed by atoms with Crippen molar-refractivity contribution in [2.45, 2.75) is 36.6 Å². The van der Waals surface area contributed by atoms with E-state index < -0.39 is 10.0 Å². The first-order valence-corrected chi connectivity index (χ1v) is 8.56. The van der Waals surface area contributed by atoms with E-state index in [1.165, 1.54) is 4.31 Å². The van der Waals surface area contributed by atoms with Gasteiger partial charge in [0.1, 0.15) is 0 Å². The summed E-state index contributed by atoms with van der Waals surface area (Å²) < 4.78 is 27.0. The van der Waals surface area contributed by atoms with Crippen LogP contribution >= 0.6 is 0 Å². The zero-order valence-corrected chi connectivity index (χ0v) is 12.2. The van der Waals surface area contributed by atoms with E-state index in [0.29, 0.717) is 11.4 Å². The lowest BCUT2D eigenvalue weighted by Gasteiger charge is -2.33. The summed E-state index contributed by atoms with van der Waals surface area (Å²) in [6.45, 7) is 1.26. The standard InChI is InChI=1S/C14H20N2O3S/c17-10-12-3-1-2-8-16(12)20(18,19)13-4-5-14-11(9-13)6-7-15-14/h4-5,9,12,15,17H,1-3,6-8,10H2. The second kappa shape index (κ2) is 5.35. The zero-order valence-electron chi connectivity index (χ0n) is 11.4. The largest absolute Gasteiger partial charge is 0.395 e. The van der Waals surface area contributed by atoms with Crippen molar-refractivity contribution in [2.75, 3.05) is 25.0 Å². The third kappa shape index (κ3) is 2.32. The molecule has 1 atom stereocenters. The molecule has 0 aromatic heterocycles. The maximum absolute atomic E-state index is 12.8. The zero-order chi connectivity index (χ0) is 14.2. The third-order valence-corrected chi connectivity index (χ3v) is 6.12. The number of nitrogens with one attached hydrogen (secondary N) is 1. The van der Waals surface area contributed by atoms with Gasteiger partial charge in [0.25, 0.3) is 0 Å². The smallest absolute Gasteiger partial charge is 0.243 e. The van der Waals surface area contributed by atoms with Crippen molar-refractivity contribution < 1.29 is 13.5 Å². The summed E-state index contributed by atoms with van der Waals surface area (Å²) >= 11 is 0. The Bertz CT molecular complexity index is 600. The van der Waals surface area contributed by atoms with Gasteiger partial charge in [-0.25, -0.2) is 8.42 Å². The van der Waals surface area contributed by atoms with Gasteiger partial charge < -0.3 is 10.4 Å². The number of nitrogens with zero attached hydrogens (tertiary/aromatic N) is 1. The first kappa shape index (κ1) is 13.9. The Hall–Kier alpha value is -1.11. The summed E-state index contributed by atoms with van der Waals surface area (Å²) in [6, 6.07) is 5.00. The van der Waals surface area contributed by atoms with Crippen molar-refractivity contribution in [3.05, 3.63) is 23.8 Å². The highest BCUT2D eigenvalue weighted by Gasteiger charge is 2.33. The summed E-state index contributed by atoms with van der Waals surface area (Å²) in [5.41, 5.74) is 2.09. The SMILES string of the molecule is O=S(=O)(c1ccc2c(c1)CCN2)N1CCCCC1CO. The molecule has 0 bridgehead atoms. The predicted octanol–water partition coefficient (Wildman–Crippen LogP) is 1.19. The van der Waals surface area contributed by atoms with Gasteiger partial charge in [0, 0.05) is 24.8 Å². The van der Waals surface area contributed by atoms with E-state index in [4.69, 9.17) is 0 Å². The molecule has 1 aromatic rings. The number of fused-ring (bicyclic) bond motifs is 1. The highest BCUT2D eigenvalue weighted by atomic mass is 32.2. The van der Waals surface area contributed by atoms with E-state index in [1.807, 2.05) is 6.07 Å². The van der Waals surface area contributed by atoms with Crippen molar-refractivity contribution in [2.24, 2.45) is 0 Å². The fraction of sp³-hybridized carbons (Fsp3) is 0.571. The molecule has 0 saturated carbocycles. The third-order valence-electron chi connectivity index (χ3n) is 4.18. The van der Waals surface area contributed by atoms with Gasteiger partial charge in [-0.2, -0.15) is 4.31 Å². The quantitative estimate of drug-likeness (QED) is 0.879. The van der Waals surface area contributed by atoms with Crippen LogP contribution in [0.5, 0.6) is 0 Å². The number of hydrogen-bond donors (Lipinski definition) is 2. The van der Waals surface area contributed by atoms with Crippen LogP contribution in [0, 0.1) is 0 Å². The molecule has 2 aliphatic heterocycles. The molecule has 20 heavy (non-hydrogen) atoms. The minimum atomic E-state index is -3.50. The van der Waals surface area contributed by atoms with Crippen molar-refractivity contribution >= 4 is 15.7 Å². The topological polar surface area (TPSA) is 69.6 Å². The number of aliphatic hydroxyl groups excluding tert-OH is 1. The van der Waals surface area contributed by atoms with Crippen LogP contribution in [0.1, 0.15) is 24.8 Å². The first-order valence-electron chi connectivity index (χ1n) is 7.12. The van der Waals surface area contributed by atoms with E-state index in [0.717, 1.165) is 43.5 Å². The second-order valence-corrected chi connectivity index (χ2v) is 7.33. The summed E-state index contributed by atoms with van der Waals surface area (Å²) in [4.78, 5) is 0.347. The molecule has 1 aromatic carbocycles. The van der Waals surface area contributed by atoms with Crippen LogP contribution in [0.2, 0.25) is 0 Å². The molecule has 1 saturated heterocycles. The van der Waals surface area contributed by atoms with E-state index in [-0.39, 0.29) is 12.6 Å². The molecular weight excluding hydrogens is 276 g/mol. The number of aliphatic hydroxyl groups is 1. The van der Waals surface area contributed by atoms with E-state index in [9.17, 15) is 13.5 Å². The Morgan fingerprint density at radius 2 is 2.20 bits per heavy atom. The van der Waals surface area contributed by atoms with Gasteiger partial charge in [0.05, 0.1) is 11.5 Å². The highest BCUT2D eigenvalue weighted by molar-refractivity contribution is 7.89. The van der Waals surface area contributed by atoms with Crippen LogP contribution in [-0.2, 0) is 16.4 Å². The molecule has 110 valence electrons. The van der Waals surface area contributed by atoms with Crippen LogP contribution in [0.4, 0.5) is 5.69 Å². The number of piperidine rings is 1. The Morgan fingerprint density at radius 1 is 1.35 bits per heavy atom. The predicted molar refractivity (Wildman–Crippen MR) is 77.3 cm³/mol. The van der Waals surface area contributed by atoms with Gasteiger partial charge in [-0.3, -0.25) is 0 Å². The maximum Gasteiger partial charge on any atom is 0.243 e. The molecule has 1 unspecified atom stereocenters. The van der Waals surface area contributed by atoms with E-state index in [2.05, 4.69) is 5.32 Å². The highest BCUT2D eigenvalue weighted by Crippen LogP contribution is 2.29. The van der Waals surface area contributed by atoms with E-state index in [1.54, 1.807) is 12.1 Å². The van der Waals surface area contributed by atoms with Gasteiger partial charge in [-0.15, -0.1) is 0 Å². The monoisotopic (exact) mass is 296 g/mol. The number of rotatable bonds is 3. The summed E-state index contributed by atoms with van der Waals surface area (Å²) in [5.74, 6) is 0. The maximum atomic E-state index is 12.8. The first-order chi connectivity index (χ1) is 9.63. The van der Waals surface area contributed by atoms with Crippen LogP contribution < -0.4 is 5.32 Å². The Balaban J connectivity index is 1.94. The van der Waals surface area contributed by atoms with Crippen molar-refractivity contribution in [3.63, 3.8) is 0 Å². The van der Waals surface area contributed by atoms with Gasteiger partial charge in [0.15, 0.2) is 0 Å². The molecule has 1 fully saturated rings. The van der Waals surface area contributed by atoms with Gasteiger partial charge >= 0.3 is 0 Å². The van der Waals surface area contributed by atoms with Gasteiger partial charge in [0.2, 0.25) is 10.0 Å². The second-order valence-electron chi connectivity index (χ2n) is 5.44. The molecular formula is C14H20N2O3S. The van der Waals surface area contributed by atoms with Gasteiger partial charge in [-0.1, -0.05) is 6.42 Å². The van der Waals surface area contributed by atoms with Crippen LogP contribution in [-0.4, -0.2) is 43.6 Å². The van der Waals surface area contributed by atoms with Crippen LogP contribution in [0.25, 0.3) is 0 Å². The molecule has 3 rings (SSSR count). The number of sulfonamides is 1. The lowest BCUT2D eigenvalue weighted by Crippen LogP contribution is -2.45. The Kier molecular flexibility index (Phi) is 3.70. The van der Waals surface area contributed by atoms with Crippen molar-refractivity contribution in [1.82, 2.24) is 4.31 Å². The Labute approximate surface area is 119 Å². The average molecular weight is 296 g/mol. The number of benzene rings is 1. The van der Waals surface area contributed by atoms with E-state index >= 15 is 0 Å². The molecule has 0 amide bonds. The van der Waals surface area contributed by atoms with Crippen molar-refractivity contribution in [3.8, 4) is 0 Å². The normalized spacial score (nSPS) is 23.4. The molecule has 2 N–H and O–H groups in total. The van der Waals surface area contributed by atoms with Crippen molar-refractivity contribution in [1.29, 1.82) is 0 Å². The Morgan fingerprint density at radius 3 is 3.00 bits per heavy atom. The minimum absolute atomic E-state index is 0.105. The number of hydrogen-bond acceptors (Lipinski definition) is 4. The molecule has 0 spiro atoms. The van der Waals surface area contributed by atoms with Crippen LogP contribution in [0.3, 0.4) is 0 Å². The lowest BCUT2D eigenvalue weighted by atomic mass is 10.1. The fourth-order valence-electron chi connectivity index (χ4n) is 3.05. The summed E-state index contributed by atoms with van der Waals surface area (Å²) in [5, 5.41) is 12.6. The lowest BCUT2D eigenvalue weighted by molar-refractivity contribution is 0.155. The van der Waals surface area contributed by atoms with Crippen LogP contribution in [0.15, 0.2) is 23.1 Å². The molecule has 0 radical (unpaired) electrons. The molecule has 6 heteroatoms. The minimum Gasteiger partial charge on any atom is -0.395 e. The molecule has 5 nitrogen and oxygen atoms in total. The summed E-state index contributed by atoms with van der Waals surface area (Å²) in [6.07, 6.45) is 3.44. The average Bonchev–Trinajstić information content (AvgIpc) is 2.94. The molecule has 2 aliphatic rings.